The van der Waals surface area contributed by atoms with Gasteiger partial charge in [-0.15, -0.1) is 0 Å². The van der Waals surface area contributed by atoms with E-state index in [2.05, 4.69) is 56.4 Å². The Morgan fingerprint density at radius 2 is 1.63 bits per heavy atom. The topological polar surface area (TPSA) is 12.0 Å². The number of fused-ring (bicyclic) bond motifs is 2. The monoisotopic (exact) mass is 383 g/mol. The summed E-state index contributed by atoms with van der Waals surface area (Å²) < 4.78 is 0. The van der Waals surface area contributed by atoms with E-state index in [1.54, 1.807) is 5.56 Å². The van der Waals surface area contributed by atoms with E-state index in [1.807, 2.05) is 0 Å². The molecule has 0 radical (unpaired) electrons. The van der Waals surface area contributed by atoms with Crippen LogP contribution in [0.1, 0.15) is 90.5 Å². The second-order valence-electron chi connectivity index (χ2n) is 11.0. The van der Waals surface area contributed by atoms with Crippen LogP contribution >= 0.6 is 12.2 Å². The van der Waals surface area contributed by atoms with Crippen molar-refractivity contribution in [2.24, 2.45) is 16.7 Å². The predicted molar refractivity (Wildman–Crippen MR) is 119 cm³/mol. The molecule has 3 aliphatic carbocycles. The molecule has 4 rings (SSSR count). The van der Waals surface area contributed by atoms with E-state index >= 15 is 0 Å². The SMILES string of the molecule is CC1(C)CC2CC(C)(C(=S)NC3CCCCC3)CC(c3ccccc3)(C2)C1. The second-order valence-corrected chi connectivity index (χ2v) is 11.4. The summed E-state index contributed by atoms with van der Waals surface area (Å²) in [6.45, 7) is 7.43. The van der Waals surface area contributed by atoms with Crippen molar-refractivity contribution in [3.05, 3.63) is 35.9 Å². The Labute approximate surface area is 171 Å². The van der Waals surface area contributed by atoms with E-state index in [1.165, 1.54) is 69.2 Å². The minimum atomic E-state index is 0.141. The molecule has 0 saturated heterocycles. The first-order chi connectivity index (χ1) is 12.8. The fourth-order valence-electron chi connectivity index (χ4n) is 7.10. The molecule has 0 heterocycles. The quantitative estimate of drug-likeness (QED) is 0.576. The van der Waals surface area contributed by atoms with Gasteiger partial charge in [0.1, 0.15) is 0 Å². The van der Waals surface area contributed by atoms with Crippen LogP contribution in [-0.4, -0.2) is 11.0 Å². The van der Waals surface area contributed by atoms with Crippen LogP contribution in [-0.2, 0) is 5.41 Å². The Balaban J connectivity index is 1.61. The number of nitrogens with one attached hydrogen (secondary N) is 1. The first-order valence-electron chi connectivity index (χ1n) is 11.2. The molecular formula is C25H37NS. The molecule has 0 amide bonds. The summed E-state index contributed by atoms with van der Waals surface area (Å²) >= 11 is 6.09. The average molecular weight is 384 g/mol. The highest BCUT2D eigenvalue weighted by Crippen LogP contribution is 2.61. The van der Waals surface area contributed by atoms with Crippen molar-refractivity contribution in [3.8, 4) is 0 Å². The van der Waals surface area contributed by atoms with Gasteiger partial charge in [-0.3, -0.25) is 0 Å². The van der Waals surface area contributed by atoms with Crippen LogP contribution in [0.2, 0.25) is 0 Å². The summed E-state index contributed by atoms with van der Waals surface area (Å²) in [6.07, 6.45) is 13.2. The second kappa shape index (κ2) is 7.17. The van der Waals surface area contributed by atoms with Gasteiger partial charge in [-0.1, -0.05) is 82.6 Å². The van der Waals surface area contributed by atoms with E-state index in [0.717, 1.165) is 5.92 Å². The Morgan fingerprint density at radius 1 is 0.926 bits per heavy atom. The molecule has 1 N–H and O–H groups in total. The first-order valence-corrected chi connectivity index (χ1v) is 11.6. The van der Waals surface area contributed by atoms with Crippen molar-refractivity contribution in [2.75, 3.05) is 0 Å². The Morgan fingerprint density at radius 3 is 2.33 bits per heavy atom. The van der Waals surface area contributed by atoms with Crippen LogP contribution in [0.5, 0.6) is 0 Å². The van der Waals surface area contributed by atoms with Gasteiger partial charge < -0.3 is 5.32 Å². The molecule has 148 valence electrons. The van der Waals surface area contributed by atoms with Crippen LogP contribution in [0.3, 0.4) is 0 Å². The molecule has 0 aromatic heterocycles. The molecule has 1 aromatic carbocycles. The summed E-state index contributed by atoms with van der Waals surface area (Å²) in [4.78, 5) is 1.17. The molecule has 27 heavy (non-hydrogen) atoms. The third-order valence-electron chi connectivity index (χ3n) is 7.68. The average Bonchev–Trinajstić information content (AvgIpc) is 2.61. The molecule has 2 heteroatoms. The Bertz CT molecular complexity index is 675. The van der Waals surface area contributed by atoms with Gasteiger partial charge in [0.15, 0.2) is 0 Å². The predicted octanol–water partition coefficient (Wildman–Crippen LogP) is 6.80. The number of thiocarbonyl (C=S) groups is 1. The highest BCUT2D eigenvalue weighted by Gasteiger charge is 2.54. The molecule has 1 aromatic rings. The molecule has 1 nitrogen and oxygen atoms in total. The molecule has 0 aliphatic heterocycles. The van der Waals surface area contributed by atoms with E-state index < -0.39 is 0 Å². The van der Waals surface area contributed by atoms with Crippen LogP contribution in [0.4, 0.5) is 0 Å². The highest BCUT2D eigenvalue weighted by molar-refractivity contribution is 7.80. The van der Waals surface area contributed by atoms with Gasteiger partial charge in [0.2, 0.25) is 0 Å². The largest absolute Gasteiger partial charge is 0.376 e. The van der Waals surface area contributed by atoms with Crippen molar-refractivity contribution in [2.45, 2.75) is 96.4 Å². The van der Waals surface area contributed by atoms with Gasteiger partial charge >= 0.3 is 0 Å². The zero-order chi connectivity index (χ0) is 19.1. The van der Waals surface area contributed by atoms with E-state index in [0.29, 0.717) is 16.9 Å². The summed E-state index contributed by atoms with van der Waals surface area (Å²) in [7, 11) is 0. The summed E-state index contributed by atoms with van der Waals surface area (Å²) in [5, 5.41) is 3.84. The Kier molecular flexibility index (Phi) is 5.16. The summed E-state index contributed by atoms with van der Waals surface area (Å²) in [5.74, 6) is 0.791. The lowest BCUT2D eigenvalue weighted by Crippen LogP contribution is -2.54. The fourth-order valence-corrected chi connectivity index (χ4v) is 7.42. The van der Waals surface area contributed by atoms with Crippen molar-refractivity contribution >= 4 is 17.2 Å². The zero-order valence-electron chi connectivity index (χ0n) is 17.5. The lowest BCUT2D eigenvalue weighted by Gasteiger charge is -2.58. The number of hydrogen-bond donors (Lipinski definition) is 1. The molecule has 3 fully saturated rings. The van der Waals surface area contributed by atoms with Crippen LogP contribution < -0.4 is 5.32 Å². The van der Waals surface area contributed by atoms with Crippen molar-refractivity contribution in [3.63, 3.8) is 0 Å². The zero-order valence-corrected chi connectivity index (χ0v) is 18.3. The molecule has 2 bridgehead atoms. The highest BCUT2D eigenvalue weighted by atomic mass is 32.1. The van der Waals surface area contributed by atoms with Gasteiger partial charge in [-0.2, -0.15) is 0 Å². The lowest BCUT2D eigenvalue weighted by atomic mass is 9.47. The van der Waals surface area contributed by atoms with Gasteiger partial charge in [0.05, 0.1) is 4.99 Å². The maximum Gasteiger partial charge on any atom is 0.0815 e. The smallest absolute Gasteiger partial charge is 0.0815 e. The first kappa shape index (κ1) is 19.4. The van der Waals surface area contributed by atoms with Crippen LogP contribution in [0.15, 0.2) is 30.3 Å². The van der Waals surface area contributed by atoms with Crippen molar-refractivity contribution in [1.82, 2.24) is 5.32 Å². The molecule has 3 saturated carbocycles. The summed E-state index contributed by atoms with van der Waals surface area (Å²) in [6, 6.07) is 12.0. The third kappa shape index (κ3) is 3.97. The fraction of sp³-hybridized carbons (Fsp3) is 0.720. The summed E-state index contributed by atoms with van der Waals surface area (Å²) in [5.41, 5.74) is 2.41. The van der Waals surface area contributed by atoms with Crippen LogP contribution in [0.25, 0.3) is 0 Å². The van der Waals surface area contributed by atoms with Crippen molar-refractivity contribution < 1.29 is 0 Å². The van der Waals surface area contributed by atoms with Gasteiger partial charge in [0, 0.05) is 11.5 Å². The number of hydrogen-bond acceptors (Lipinski definition) is 1. The molecule has 3 unspecified atom stereocenters. The molecule has 3 aliphatic rings. The van der Waals surface area contributed by atoms with Gasteiger partial charge in [0.25, 0.3) is 0 Å². The maximum atomic E-state index is 6.09. The van der Waals surface area contributed by atoms with E-state index in [9.17, 15) is 0 Å². The standard InChI is InChI=1S/C25H37NS/c1-23(2)14-19-15-24(3,22(27)26-21-12-8-5-9-13-21)18-25(16-19,17-23)20-10-6-4-7-11-20/h4,6-7,10-11,19,21H,5,8-9,12-18H2,1-3H3,(H,26,27). The van der Waals surface area contributed by atoms with Gasteiger partial charge in [-0.05, 0) is 67.3 Å². The Hall–Kier alpha value is -0.890. The maximum absolute atomic E-state index is 6.09. The molecule has 0 spiro atoms. The van der Waals surface area contributed by atoms with Crippen molar-refractivity contribution in [1.29, 1.82) is 0 Å². The minimum absolute atomic E-state index is 0.141. The van der Waals surface area contributed by atoms with Crippen LogP contribution in [0, 0.1) is 16.7 Å². The van der Waals surface area contributed by atoms with Gasteiger partial charge in [-0.25, -0.2) is 0 Å². The number of rotatable bonds is 3. The van der Waals surface area contributed by atoms with E-state index in [4.69, 9.17) is 12.2 Å². The number of benzene rings is 1. The normalized spacial score (nSPS) is 36.2. The molecular weight excluding hydrogens is 346 g/mol. The lowest BCUT2D eigenvalue weighted by molar-refractivity contribution is 0.0125. The minimum Gasteiger partial charge on any atom is -0.376 e. The third-order valence-corrected chi connectivity index (χ3v) is 8.29. The van der Waals surface area contributed by atoms with E-state index in [-0.39, 0.29) is 5.41 Å². The molecule has 3 atom stereocenters.